The second-order valence-corrected chi connectivity index (χ2v) is 4.52. The first-order chi connectivity index (χ1) is 8.02. The van der Waals surface area contributed by atoms with Gasteiger partial charge < -0.3 is 10.4 Å². The van der Waals surface area contributed by atoms with E-state index in [2.05, 4.69) is 5.32 Å². The number of aliphatic hydroxyl groups is 1. The zero-order valence-corrected chi connectivity index (χ0v) is 10.0. The summed E-state index contributed by atoms with van der Waals surface area (Å²) in [6.07, 6.45) is 0. The monoisotopic (exact) mass is 261 g/mol. The minimum Gasteiger partial charge on any atom is -0.394 e. The number of benzene rings is 1. The Morgan fingerprint density at radius 1 is 1.41 bits per heavy atom. The minimum atomic E-state index is -2.47. The lowest BCUT2D eigenvalue weighted by Gasteiger charge is -2.10. The molecule has 0 aromatic heterocycles. The van der Waals surface area contributed by atoms with Crippen LogP contribution in [-0.4, -0.2) is 29.4 Å². The molecule has 1 atom stereocenters. The number of hydrogen-bond donors (Lipinski definition) is 2. The van der Waals surface area contributed by atoms with Crippen molar-refractivity contribution in [3.05, 3.63) is 29.8 Å². The Morgan fingerprint density at radius 3 is 2.47 bits per heavy atom. The molecule has 0 radical (unpaired) electrons. The standard InChI is InChI=1S/C11H13F2NO2S/c1-7(6-15)14-10(16)8-2-4-9(5-3-8)17-11(12)13/h2-5,7,11,15H,6H2,1H3,(H,14,16). The van der Waals surface area contributed by atoms with E-state index < -0.39 is 5.76 Å². The quantitative estimate of drug-likeness (QED) is 0.798. The van der Waals surface area contributed by atoms with Crippen LogP contribution in [0.3, 0.4) is 0 Å². The predicted molar refractivity (Wildman–Crippen MR) is 62.3 cm³/mol. The molecule has 0 bridgehead atoms. The van der Waals surface area contributed by atoms with Gasteiger partial charge in [0.25, 0.3) is 11.7 Å². The second kappa shape index (κ2) is 6.56. The van der Waals surface area contributed by atoms with Gasteiger partial charge in [-0.2, -0.15) is 8.78 Å². The Labute approximate surface area is 102 Å². The third kappa shape index (κ3) is 4.70. The highest BCUT2D eigenvalue weighted by Crippen LogP contribution is 2.25. The number of hydrogen-bond acceptors (Lipinski definition) is 3. The molecular formula is C11H13F2NO2S. The Morgan fingerprint density at radius 2 is 2.00 bits per heavy atom. The van der Waals surface area contributed by atoms with Crippen molar-refractivity contribution in [2.75, 3.05) is 6.61 Å². The fraction of sp³-hybridized carbons (Fsp3) is 0.364. The van der Waals surface area contributed by atoms with Crippen LogP contribution >= 0.6 is 11.8 Å². The van der Waals surface area contributed by atoms with Gasteiger partial charge in [-0.3, -0.25) is 4.79 Å². The van der Waals surface area contributed by atoms with Gasteiger partial charge in [-0.05, 0) is 31.2 Å². The Kier molecular flexibility index (Phi) is 5.37. The molecular weight excluding hydrogens is 248 g/mol. The molecule has 1 aromatic carbocycles. The number of amides is 1. The number of thioether (sulfide) groups is 1. The molecule has 0 aliphatic heterocycles. The van der Waals surface area contributed by atoms with Crippen molar-refractivity contribution in [3.8, 4) is 0 Å². The molecule has 17 heavy (non-hydrogen) atoms. The molecule has 6 heteroatoms. The summed E-state index contributed by atoms with van der Waals surface area (Å²) in [5, 5.41) is 11.3. The van der Waals surface area contributed by atoms with Crippen molar-refractivity contribution < 1.29 is 18.7 Å². The first-order valence-corrected chi connectivity index (χ1v) is 5.87. The molecule has 1 aromatic rings. The largest absolute Gasteiger partial charge is 0.394 e. The van der Waals surface area contributed by atoms with Gasteiger partial charge >= 0.3 is 0 Å². The van der Waals surface area contributed by atoms with Crippen molar-refractivity contribution in [1.29, 1.82) is 0 Å². The van der Waals surface area contributed by atoms with Gasteiger partial charge in [-0.15, -0.1) is 0 Å². The van der Waals surface area contributed by atoms with Crippen molar-refractivity contribution >= 4 is 17.7 Å². The SMILES string of the molecule is CC(CO)NC(=O)c1ccc(SC(F)F)cc1. The number of halogens is 2. The maximum Gasteiger partial charge on any atom is 0.288 e. The third-order valence-electron chi connectivity index (χ3n) is 1.99. The molecule has 1 rings (SSSR count). The molecule has 2 N–H and O–H groups in total. The summed E-state index contributed by atoms with van der Waals surface area (Å²) in [5.41, 5.74) is 0.379. The van der Waals surface area contributed by atoms with Crippen LogP contribution in [0.5, 0.6) is 0 Å². The molecule has 0 heterocycles. The van der Waals surface area contributed by atoms with E-state index in [0.717, 1.165) is 0 Å². The van der Waals surface area contributed by atoms with Gasteiger partial charge in [0.15, 0.2) is 0 Å². The molecule has 0 aliphatic rings. The van der Waals surface area contributed by atoms with E-state index in [-0.39, 0.29) is 18.6 Å². The summed E-state index contributed by atoms with van der Waals surface area (Å²) in [4.78, 5) is 12.0. The molecule has 0 saturated carbocycles. The number of alkyl halides is 2. The van der Waals surface area contributed by atoms with Crippen LogP contribution in [0.25, 0.3) is 0 Å². The van der Waals surface area contributed by atoms with Crippen LogP contribution in [0.2, 0.25) is 0 Å². The summed E-state index contributed by atoms with van der Waals surface area (Å²) in [6, 6.07) is 5.55. The third-order valence-corrected chi connectivity index (χ3v) is 2.72. The van der Waals surface area contributed by atoms with Gasteiger partial charge in [0.05, 0.1) is 6.61 Å². The first kappa shape index (κ1) is 13.9. The van der Waals surface area contributed by atoms with Crippen LogP contribution in [0, 0.1) is 0 Å². The highest BCUT2D eigenvalue weighted by Gasteiger charge is 2.10. The number of carbonyl (C=O) groups excluding carboxylic acids is 1. The first-order valence-electron chi connectivity index (χ1n) is 4.99. The van der Waals surface area contributed by atoms with E-state index in [4.69, 9.17) is 5.11 Å². The van der Waals surface area contributed by atoms with Gasteiger partial charge in [0.1, 0.15) is 0 Å². The molecule has 0 saturated heterocycles. The molecule has 0 fully saturated rings. The average molecular weight is 261 g/mol. The Bertz CT molecular complexity index is 370. The second-order valence-electron chi connectivity index (χ2n) is 3.46. The average Bonchev–Trinajstić information content (AvgIpc) is 2.28. The van der Waals surface area contributed by atoms with Crippen LogP contribution in [0.15, 0.2) is 29.2 Å². The van der Waals surface area contributed by atoms with Crippen molar-refractivity contribution in [2.45, 2.75) is 23.6 Å². The summed E-state index contributed by atoms with van der Waals surface area (Å²) in [7, 11) is 0. The minimum absolute atomic E-state index is 0.148. The van der Waals surface area contributed by atoms with Gasteiger partial charge in [0.2, 0.25) is 0 Å². The van der Waals surface area contributed by atoms with Crippen molar-refractivity contribution in [2.24, 2.45) is 0 Å². The number of carbonyl (C=O) groups is 1. The molecule has 94 valence electrons. The van der Waals surface area contributed by atoms with Crippen molar-refractivity contribution in [3.63, 3.8) is 0 Å². The van der Waals surface area contributed by atoms with E-state index in [9.17, 15) is 13.6 Å². The summed E-state index contributed by atoms with van der Waals surface area (Å²) in [5.74, 6) is -2.80. The molecule has 0 spiro atoms. The molecule has 1 unspecified atom stereocenters. The van der Waals surface area contributed by atoms with E-state index in [0.29, 0.717) is 22.2 Å². The normalized spacial score (nSPS) is 12.5. The lowest BCUT2D eigenvalue weighted by molar-refractivity contribution is 0.0922. The van der Waals surface area contributed by atoms with Gasteiger partial charge in [0, 0.05) is 16.5 Å². The van der Waals surface area contributed by atoms with E-state index in [1.54, 1.807) is 6.92 Å². The van der Waals surface area contributed by atoms with Gasteiger partial charge in [-0.1, -0.05) is 11.8 Å². The number of aliphatic hydroxyl groups excluding tert-OH is 1. The lowest BCUT2D eigenvalue weighted by atomic mass is 10.2. The van der Waals surface area contributed by atoms with Crippen LogP contribution in [0.4, 0.5) is 8.78 Å². The van der Waals surface area contributed by atoms with E-state index in [1.165, 1.54) is 24.3 Å². The summed E-state index contributed by atoms with van der Waals surface area (Å²) in [6.45, 7) is 1.52. The highest BCUT2D eigenvalue weighted by molar-refractivity contribution is 7.99. The Hall–Kier alpha value is -1.14. The maximum absolute atomic E-state index is 12.1. The van der Waals surface area contributed by atoms with E-state index >= 15 is 0 Å². The highest BCUT2D eigenvalue weighted by atomic mass is 32.2. The van der Waals surface area contributed by atoms with Crippen molar-refractivity contribution in [1.82, 2.24) is 5.32 Å². The zero-order chi connectivity index (χ0) is 12.8. The predicted octanol–water partition coefficient (Wildman–Crippen LogP) is 2.11. The Balaban J connectivity index is 2.64. The van der Waals surface area contributed by atoms with Crippen LogP contribution in [0.1, 0.15) is 17.3 Å². The fourth-order valence-corrected chi connectivity index (χ4v) is 1.64. The summed E-state index contributed by atoms with van der Waals surface area (Å²) >= 11 is 0.432. The van der Waals surface area contributed by atoms with E-state index in [1.807, 2.05) is 0 Å². The molecule has 1 amide bonds. The zero-order valence-electron chi connectivity index (χ0n) is 9.19. The summed E-state index contributed by atoms with van der Waals surface area (Å²) < 4.78 is 24.1. The smallest absolute Gasteiger partial charge is 0.288 e. The van der Waals surface area contributed by atoms with Crippen LogP contribution in [-0.2, 0) is 0 Å². The maximum atomic E-state index is 12.1. The lowest BCUT2D eigenvalue weighted by Crippen LogP contribution is -2.34. The topological polar surface area (TPSA) is 49.3 Å². The molecule has 0 aliphatic carbocycles. The van der Waals surface area contributed by atoms with Gasteiger partial charge in [-0.25, -0.2) is 0 Å². The number of nitrogens with one attached hydrogen (secondary N) is 1. The number of rotatable bonds is 5. The van der Waals surface area contributed by atoms with Crippen LogP contribution < -0.4 is 5.32 Å². The fourth-order valence-electron chi connectivity index (χ4n) is 1.14. The molecule has 3 nitrogen and oxygen atoms in total.